The maximum absolute atomic E-state index is 12.3. The van der Waals surface area contributed by atoms with Crippen molar-refractivity contribution >= 4 is 34.1 Å². The molecule has 0 aromatic heterocycles. The van der Waals surface area contributed by atoms with Gasteiger partial charge in [0.1, 0.15) is 11.2 Å². The zero-order valence-corrected chi connectivity index (χ0v) is 18.3. The Labute approximate surface area is 168 Å². The first-order chi connectivity index (χ1) is 12.2. The van der Waals surface area contributed by atoms with Crippen LogP contribution in [0.4, 0.5) is 9.59 Å². The number of ether oxygens (including phenoxy) is 3. The average Bonchev–Trinajstić information content (AvgIpc) is 2.49. The highest BCUT2D eigenvalue weighted by Crippen LogP contribution is 2.23. The molecule has 8 heteroatoms. The third-order valence-corrected chi connectivity index (χ3v) is 3.76. The van der Waals surface area contributed by atoms with Crippen molar-refractivity contribution < 1.29 is 28.6 Å². The summed E-state index contributed by atoms with van der Waals surface area (Å²) in [7, 11) is 1.18. The van der Waals surface area contributed by atoms with Crippen LogP contribution in [0.5, 0.6) is 0 Å². The van der Waals surface area contributed by atoms with Crippen LogP contribution >= 0.6 is 15.9 Å². The van der Waals surface area contributed by atoms with Crippen LogP contribution in [-0.2, 0) is 20.8 Å². The van der Waals surface area contributed by atoms with Crippen LogP contribution in [-0.4, -0.2) is 41.4 Å². The summed E-state index contributed by atoms with van der Waals surface area (Å²) in [6, 6.07) is 4.77. The van der Waals surface area contributed by atoms with Crippen molar-refractivity contribution in [1.29, 1.82) is 0 Å². The molecular formula is C19H26BrNO6. The van der Waals surface area contributed by atoms with E-state index >= 15 is 0 Å². The molecule has 27 heavy (non-hydrogen) atoms. The lowest BCUT2D eigenvalue weighted by molar-refractivity contribution is 0.00676. The number of benzene rings is 1. The number of halogens is 1. The van der Waals surface area contributed by atoms with Crippen molar-refractivity contribution in [2.45, 2.75) is 59.3 Å². The molecule has 0 unspecified atom stereocenters. The maximum Gasteiger partial charge on any atom is 0.420 e. The SMILES string of the molecule is COC(=O)N(Cc1ccc(C(=O)OC(C)(C)C)cc1Br)C(=O)OC(C)(C)C. The Balaban J connectivity index is 3.04. The highest BCUT2D eigenvalue weighted by atomic mass is 79.9. The van der Waals surface area contributed by atoms with Crippen molar-refractivity contribution in [3.05, 3.63) is 33.8 Å². The molecule has 0 atom stereocenters. The van der Waals surface area contributed by atoms with Gasteiger partial charge in [-0.2, -0.15) is 0 Å². The van der Waals surface area contributed by atoms with Gasteiger partial charge in [0.2, 0.25) is 0 Å². The number of nitrogens with zero attached hydrogens (tertiary/aromatic N) is 1. The molecule has 0 spiro atoms. The number of amides is 2. The summed E-state index contributed by atoms with van der Waals surface area (Å²) in [5.41, 5.74) is -0.428. The van der Waals surface area contributed by atoms with Crippen molar-refractivity contribution in [2.24, 2.45) is 0 Å². The number of imide groups is 1. The van der Waals surface area contributed by atoms with Gasteiger partial charge in [-0.15, -0.1) is 0 Å². The maximum atomic E-state index is 12.3. The van der Waals surface area contributed by atoms with E-state index in [0.717, 1.165) is 4.90 Å². The van der Waals surface area contributed by atoms with Gasteiger partial charge in [-0.3, -0.25) is 0 Å². The predicted octanol–water partition coefficient (Wildman–Crippen LogP) is 4.91. The van der Waals surface area contributed by atoms with Gasteiger partial charge in [0.05, 0.1) is 19.2 Å². The third kappa shape index (κ3) is 7.58. The lowest BCUT2D eigenvalue weighted by Crippen LogP contribution is -2.40. The van der Waals surface area contributed by atoms with E-state index in [-0.39, 0.29) is 6.54 Å². The predicted molar refractivity (Wildman–Crippen MR) is 103 cm³/mol. The molecule has 1 aromatic rings. The summed E-state index contributed by atoms with van der Waals surface area (Å²) in [5, 5.41) is 0. The van der Waals surface area contributed by atoms with E-state index in [1.54, 1.807) is 59.7 Å². The highest BCUT2D eigenvalue weighted by molar-refractivity contribution is 9.10. The molecule has 7 nitrogen and oxygen atoms in total. The summed E-state index contributed by atoms with van der Waals surface area (Å²) >= 11 is 3.37. The first kappa shape index (κ1) is 23.0. The van der Waals surface area contributed by atoms with E-state index in [0.29, 0.717) is 15.6 Å². The van der Waals surface area contributed by atoms with E-state index < -0.39 is 29.4 Å². The molecule has 2 amide bonds. The van der Waals surface area contributed by atoms with Gasteiger partial charge >= 0.3 is 18.2 Å². The fraction of sp³-hybridized carbons (Fsp3) is 0.526. The van der Waals surface area contributed by atoms with Crippen molar-refractivity contribution in [2.75, 3.05) is 7.11 Å². The van der Waals surface area contributed by atoms with E-state index in [2.05, 4.69) is 20.7 Å². The Bertz CT molecular complexity index is 718. The number of hydrogen-bond acceptors (Lipinski definition) is 6. The number of esters is 1. The molecule has 0 saturated heterocycles. The van der Waals surface area contributed by atoms with E-state index in [4.69, 9.17) is 9.47 Å². The number of rotatable bonds is 3. The number of carbonyl (C=O) groups is 3. The lowest BCUT2D eigenvalue weighted by Gasteiger charge is -2.25. The molecule has 0 aliphatic rings. The molecule has 0 saturated carbocycles. The first-order valence-electron chi connectivity index (χ1n) is 8.34. The quantitative estimate of drug-likeness (QED) is 0.487. The van der Waals surface area contributed by atoms with Gasteiger partial charge in [0.25, 0.3) is 0 Å². The zero-order chi connectivity index (χ0) is 21.0. The van der Waals surface area contributed by atoms with Crippen LogP contribution in [0.1, 0.15) is 57.5 Å². The lowest BCUT2D eigenvalue weighted by atomic mass is 10.1. The molecule has 150 valence electrons. The average molecular weight is 444 g/mol. The topological polar surface area (TPSA) is 82.1 Å². The summed E-state index contributed by atoms with van der Waals surface area (Å²) in [6.07, 6.45) is -1.66. The van der Waals surface area contributed by atoms with Gasteiger partial charge in [-0.05, 0) is 59.2 Å². The van der Waals surface area contributed by atoms with Crippen LogP contribution in [0.3, 0.4) is 0 Å². The Morgan fingerprint density at radius 1 is 0.963 bits per heavy atom. The summed E-state index contributed by atoms with van der Waals surface area (Å²) in [5.74, 6) is -0.466. The van der Waals surface area contributed by atoms with Crippen molar-refractivity contribution in [3.63, 3.8) is 0 Å². The number of carbonyl (C=O) groups excluding carboxylic acids is 3. The van der Waals surface area contributed by atoms with Gasteiger partial charge in [0, 0.05) is 4.47 Å². The third-order valence-electron chi connectivity index (χ3n) is 3.03. The minimum absolute atomic E-state index is 0.0865. The second-order valence-electron chi connectivity index (χ2n) is 7.84. The second-order valence-corrected chi connectivity index (χ2v) is 8.70. The Morgan fingerprint density at radius 2 is 1.52 bits per heavy atom. The summed E-state index contributed by atoms with van der Waals surface area (Å²) in [6.45, 7) is 10.4. The molecule has 0 aliphatic carbocycles. The Kier molecular flexibility index (Phi) is 7.42. The van der Waals surface area contributed by atoms with E-state index in [1.807, 2.05) is 0 Å². The van der Waals surface area contributed by atoms with Gasteiger partial charge < -0.3 is 14.2 Å². The number of hydrogen-bond donors (Lipinski definition) is 0. The van der Waals surface area contributed by atoms with Crippen LogP contribution in [0.15, 0.2) is 22.7 Å². The van der Waals surface area contributed by atoms with Gasteiger partial charge in [0.15, 0.2) is 0 Å². The standard InChI is InChI=1S/C19H26BrNO6/c1-18(2,3)26-15(22)12-8-9-13(14(20)10-12)11-21(16(23)25-7)17(24)27-19(4,5)6/h8-10H,11H2,1-7H3. The molecule has 1 rings (SSSR count). The summed E-state index contributed by atoms with van der Waals surface area (Å²) in [4.78, 5) is 37.3. The molecule has 1 aromatic carbocycles. The zero-order valence-electron chi connectivity index (χ0n) is 16.7. The van der Waals surface area contributed by atoms with E-state index in [9.17, 15) is 14.4 Å². The molecular weight excluding hydrogens is 418 g/mol. The molecule has 0 fully saturated rings. The van der Waals surface area contributed by atoms with Crippen LogP contribution < -0.4 is 0 Å². The van der Waals surface area contributed by atoms with Crippen LogP contribution in [0.2, 0.25) is 0 Å². The first-order valence-corrected chi connectivity index (χ1v) is 9.13. The Morgan fingerprint density at radius 3 is 1.96 bits per heavy atom. The van der Waals surface area contributed by atoms with Crippen LogP contribution in [0, 0.1) is 0 Å². The molecule has 0 heterocycles. The monoisotopic (exact) mass is 443 g/mol. The Hall–Kier alpha value is -2.09. The van der Waals surface area contributed by atoms with Gasteiger partial charge in [-0.1, -0.05) is 22.0 Å². The molecule has 0 bridgehead atoms. The fourth-order valence-corrected chi connectivity index (χ4v) is 2.44. The molecule has 0 aliphatic heterocycles. The van der Waals surface area contributed by atoms with Crippen molar-refractivity contribution in [1.82, 2.24) is 4.90 Å². The normalized spacial score (nSPS) is 11.6. The van der Waals surface area contributed by atoms with Gasteiger partial charge in [-0.25, -0.2) is 19.3 Å². The van der Waals surface area contributed by atoms with Crippen LogP contribution in [0.25, 0.3) is 0 Å². The molecule has 0 N–H and O–H groups in total. The van der Waals surface area contributed by atoms with Crippen molar-refractivity contribution in [3.8, 4) is 0 Å². The molecule has 0 radical (unpaired) electrons. The second kappa shape index (κ2) is 8.73. The largest absolute Gasteiger partial charge is 0.456 e. The number of methoxy groups -OCH3 is 1. The smallest absolute Gasteiger partial charge is 0.420 e. The fourth-order valence-electron chi connectivity index (χ4n) is 1.94. The summed E-state index contributed by atoms with van der Waals surface area (Å²) < 4.78 is 15.8. The highest BCUT2D eigenvalue weighted by Gasteiger charge is 2.29. The minimum Gasteiger partial charge on any atom is -0.456 e. The van der Waals surface area contributed by atoms with E-state index in [1.165, 1.54) is 7.11 Å². The minimum atomic E-state index is -0.840.